The van der Waals surface area contributed by atoms with Gasteiger partial charge in [0.1, 0.15) is 0 Å². The van der Waals surface area contributed by atoms with Gasteiger partial charge in [-0.05, 0) is 71.6 Å². The van der Waals surface area contributed by atoms with Crippen LogP contribution in [0.2, 0.25) is 0 Å². The van der Waals surface area contributed by atoms with Crippen molar-refractivity contribution in [2.75, 3.05) is 0 Å². The van der Waals surface area contributed by atoms with Gasteiger partial charge in [-0.15, -0.1) is 0 Å². The SMILES string of the molecule is C/C(=C\c1ccc(C(=O)O)cc1)c1ccc2c(c1)C(C)CCC2C. The van der Waals surface area contributed by atoms with Gasteiger partial charge in [0.25, 0.3) is 0 Å². The van der Waals surface area contributed by atoms with Crippen molar-refractivity contribution in [2.45, 2.75) is 45.4 Å². The molecule has 2 atom stereocenters. The van der Waals surface area contributed by atoms with E-state index in [0.29, 0.717) is 17.4 Å². The fraction of sp³-hybridized carbons (Fsp3) is 0.318. The van der Waals surface area contributed by atoms with Crippen LogP contribution in [0.25, 0.3) is 11.6 Å². The maximum atomic E-state index is 10.9. The van der Waals surface area contributed by atoms with Gasteiger partial charge in [0.2, 0.25) is 0 Å². The Morgan fingerprint density at radius 1 is 0.958 bits per heavy atom. The van der Waals surface area contributed by atoms with Gasteiger partial charge in [0.15, 0.2) is 0 Å². The Bertz CT molecular complexity index is 784. The number of aromatic carboxylic acids is 1. The Labute approximate surface area is 143 Å². The fourth-order valence-corrected chi connectivity index (χ4v) is 3.56. The zero-order chi connectivity index (χ0) is 17.3. The lowest BCUT2D eigenvalue weighted by atomic mass is 9.77. The third kappa shape index (κ3) is 3.28. The van der Waals surface area contributed by atoms with E-state index in [1.807, 2.05) is 12.1 Å². The molecule has 0 amide bonds. The molecule has 2 aromatic rings. The molecule has 0 aliphatic heterocycles. The van der Waals surface area contributed by atoms with Gasteiger partial charge in [-0.3, -0.25) is 0 Å². The summed E-state index contributed by atoms with van der Waals surface area (Å²) in [5.74, 6) is 0.386. The molecule has 2 heteroatoms. The molecule has 0 radical (unpaired) electrons. The Morgan fingerprint density at radius 2 is 1.54 bits per heavy atom. The topological polar surface area (TPSA) is 37.3 Å². The molecule has 0 bridgehead atoms. The first-order valence-corrected chi connectivity index (χ1v) is 8.61. The smallest absolute Gasteiger partial charge is 0.335 e. The molecule has 124 valence electrons. The predicted molar refractivity (Wildman–Crippen MR) is 99.5 cm³/mol. The summed E-state index contributed by atoms with van der Waals surface area (Å²) >= 11 is 0. The van der Waals surface area contributed by atoms with Crippen molar-refractivity contribution in [1.29, 1.82) is 0 Å². The molecule has 0 fully saturated rings. The number of allylic oxidation sites excluding steroid dienone is 1. The van der Waals surface area contributed by atoms with Crippen LogP contribution < -0.4 is 0 Å². The van der Waals surface area contributed by atoms with E-state index in [1.165, 1.54) is 35.1 Å². The minimum atomic E-state index is -0.889. The lowest BCUT2D eigenvalue weighted by Crippen LogP contribution is -2.10. The first-order valence-electron chi connectivity index (χ1n) is 8.61. The molecule has 24 heavy (non-hydrogen) atoms. The van der Waals surface area contributed by atoms with Gasteiger partial charge in [-0.2, -0.15) is 0 Å². The number of carboxylic acid groups (broad SMARTS) is 1. The minimum Gasteiger partial charge on any atom is -0.478 e. The summed E-state index contributed by atoms with van der Waals surface area (Å²) in [7, 11) is 0. The van der Waals surface area contributed by atoms with Gasteiger partial charge in [0, 0.05) is 0 Å². The highest BCUT2D eigenvalue weighted by molar-refractivity contribution is 5.88. The van der Waals surface area contributed by atoms with E-state index in [-0.39, 0.29) is 0 Å². The second-order valence-electron chi connectivity index (χ2n) is 6.98. The van der Waals surface area contributed by atoms with Gasteiger partial charge < -0.3 is 5.11 Å². The zero-order valence-corrected chi connectivity index (χ0v) is 14.5. The molecule has 0 saturated carbocycles. The highest BCUT2D eigenvalue weighted by atomic mass is 16.4. The molecule has 0 saturated heterocycles. The number of carbonyl (C=O) groups is 1. The number of fused-ring (bicyclic) bond motifs is 1. The third-order valence-corrected chi connectivity index (χ3v) is 5.18. The van der Waals surface area contributed by atoms with Crippen molar-refractivity contribution >= 4 is 17.6 Å². The summed E-state index contributed by atoms with van der Waals surface area (Å²) in [6.07, 6.45) is 4.65. The van der Waals surface area contributed by atoms with Crippen molar-refractivity contribution in [2.24, 2.45) is 0 Å². The lowest BCUT2D eigenvalue weighted by Gasteiger charge is -2.28. The molecule has 2 nitrogen and oxygen atoms in total. The molecule has 0 heterocycles. The van der Waals surface area contributed by atoms with Gasteiger partial charge in [-0.25, -0.2) is 4.79 Å². The second-order valence-corrected chi connectivity index (χ2v) is 6.98. The second kappa shape index (κ2) is 6.64. The van der Waals surface area contributed by atoms with Crippen LogP contribution in [-0.4, -0.2) is 11.1 Å². The van der Waals surface area contributed by atoms with Crippen LogP contribution in [0.4, 0.5) is 0 Å². The average molecular weight is 320 g/mol. The molecule has 0 aromatic heterocycles. The number of benzene rings is 2. The highest BCUT2D eigenvalue weighted by Crippen LogP contribution is 2.39. The van der Waals surface area contributed by atoms with Crippen LogP contribution in [0.1, 0.15) is 78.1 Å². The summed E-state index contributed by atoms with van der Waals surface area (Å²) < 4.78 is 0. The maximum Gasteiger partial charge on any atom is 0.335 e. The standard InChI is InChI=1S/C22H24O2/c1-14-4-5-15(2)21-13-19(10-11-20(14)21)16(3)12-17-6-8-18(9-7-17)22(23)24/h6-15H,4-5H2,1-3H3,(H,23,24)/b16-12+. The van der Waals surface area contributed by atoms with Crippen LogP contribution >= 0.6 is 0 Å². The zero-order valence-electron chi connectivity index (χ0n) is 14.5. The van der Waals surface area contributed by atoms with Crippen LogP contribution in [-0.2, 0) is 0 Å². The van der Waals surface area contributed by atoms with Gasteiger partial charge >= 0.3 is 5.97 Å². The summed E-state index contributed by atoms with van der Waals surface area (Å²) in [5, 5.41) is 8.98. The van der Waals surface area contributed by atoms with E-state index < -0.39 is 5.97 Å². The molecule has 2 aromatic carbocycles. The van der Waals surface area contributed by atoms with Crippen LogP contribution in [0.3, 0.4) is 0 Å². The Balaban J connectivity index is 1.91. The van der Waals surface area contributed by atoms with E-state index in [9.17, 15) is 4.79 Å². The number of carboxylic acids is 1. The van der Waals surface area contributed by atoms with E-state index in [2.05, 4.69) is 45.0 Å². The van der Waals surface area contributed by atoms with E-state index in [4.69, 9.17) is 5.11 Å². The summed E-state index contributed by atoms with van der Waals surface area (Å²) in [5.41, 5.74) is 6.78. The maximum absolute atomic E-state index is 10.9. The summed E-state index contributed by atoms with van der Waals surface area (Å²) in [6.45, 7) is 6.75. The molecule has 3 rings (SSSR count). The highest BCUT2D eigenvalue weighted by Gasteiger charge is 2.21. The molecule has 1 aliphatic carbocycles. The molecule has 0 spiro atoms. The Hall–Kier alpha value is -2.35. The van der Waals surface area contributed by atoms with Crippen LogP contribution in [0, 0.1) is 0 Å². The molecule has 2 unspecified atom stereocenters. The van der Waals surface area contributed by atoms with Gasteiger partial charge in [0.05, 0.1) is 5.56 Å². The van der Waals surface area contributed by atoms with E-state index in [1.54, 1.807) is 12.1 Å². The van der Waals surface area contributed by atoms with Crippen LogP contribution in [0.5, 0.6) is 0 Å². The van der Waals surface area contributed by atoms with Crippen LogP contribution in [0.15, 0.2) is 42.5 Å². The van der Waals surface area contributed by atoms with Crippen molar-refractivity contribution in [1.82, 2.24) is 0 Å². The van der Waals surface area contributed by atoms with E-state index in [0.717, 1.165) is 5.56 Å². The minimum absolute atomic E-state index is 0.321. The van der Waals surface area contributed by atoms with Crippen molar-refractivity contribution in [3.05, 3.63) is 70.3 Å². The Morgan fingerprint density at radius 3 is 2.17 bits per heavy atom. The fourth-order valence-electron chi connectivity index (χ4n) is 3.56. The molecular formula is C22H24O2. The molecule has 1 aliphatic rings. The largest absolute Gasteiger partial charge is 0.478 e. The monoisotopic (exact) mass is 320 g/mol. The third-order valence-electron chi connectivity index (χ3n) is 5.18. The van der Waals surface area contributed by atoms with Crippen molar-refractivity contribution in [3.63, 3.8) is 0 Å². The van der Waals surface area contributed by atoms with E-state index >= 15 is 0 Å². The van der Waals surface area contributed by atoms with Gasteiger partial charge in [-0.1, -0.05) is 50.3 Å². The first kappa shape index (κ1) is 16.5. The Kier molecular flexibility index (Phi) is 4.57. The molecular weight excluding hydrogens is 296 g/mol. The lowest BCUT2D eigenvalue weighted by molar-refractivity contribution is 0.0697. The van der Waals surface area contributed by atoms with Crippen molar-refractivity contribution < 1.29 is 9.90 Å². The molecule has 1 N–H and O–H groups in total. The quantitative estimate of drug-likeness (QED) is 0.710. The normalized spacial score (nSPS) is 20.5. The number of hydrogen-bond donors (Lipinski definition) is 1. The first-order chi connectivity index (χ1) is 11.5. The number of hydrogen-bond acceptors (Lipinski definition) is 1. The summed E-state index contributed by atoms with van der Waals surface area (Å²) in [6, 6.07) is 13.9. The predicted octanol–water partition coefficient (Wildman–Crippen LogP) is 5.95. The average Bonchev–Trinajstić information content (AvgIpc) is 2.58. The van der Waals surface area contributed by atoms with Crippen molar-refractivity contribution in [3.8, 4) is 0 Å². The number of rotatable bonds is 3. The summed E-state index contributed by atoms with van der Waals surface area (Å²) in [4.78, 5) is 10.9.